The Morgan fingerprint density at radius 2 is 1.48 bits per heavy atom. The van der Waals surface area contributed by atoms with Crippen LogP contribution < -0.4 is 4.72 Å². The lowest BCUT2D eigenvalue weighted by Crippen LogP contribution is -2.45. The Balaban J connectivity index is 2.25. The molecule has 1 aliphatic carbocycles. The number of hydrogen-bond acceptors (Lipinski definition) is 3. The fourth-order valence-electron chi connectivity index (χ4n) is 3.52. The largest absolute Gasteiger partial charge is 0.416 e. The predicted octanol–water partition coefficient (Wildman–Crippen LogP) is 4.85. The summed E-state index contributed by atoms with van der Waals surface area (Å²) in [5, 5.41) is 0. The van der Waals surface area contributed by atoms with E-state index in [0.29, 0.717) is 5.92 Å². The Labute approximate surface area is 177 Å². The minimum Gasteiger partial charge on any atom is -0.268 e. The third kappa shape index (κ3) is 6.83. The van der Waals surface area contributed by atoms with Gasteiger partial charge in [0.1, 0.15) is 0 Å². The van der Waals surface area contributed by atoms with Crippen LogP contribution >= 0.6 is 0 Å². The van der Waals surface area contributed by atoms with Crippen LogP contribution in [0.25, 0.3) is 0 Å². The Hall–Kier alpha value is -1.82. The second kappa shape index (κ2) is 9.35. The van der Waals surface area contributed by atoms with Crippen molar-refractivity contribution in [1.29, 1.82) is 0 Å². The minimum atomic E-state index is -5.15. The molecular weight excluding hydrogens is 450 g/mol. The summed E-state index contributed by atoms with van der Waals surface area (Å²) in [5.74, 6) is -0.966. The normalized spacial score (nSPS) is 20.7. The molecule has 1 aromatic rings. The van der Waals surface area contributed by atoms with Crippen LogP contribution in [0.4, 0.5) is 26.3 Å². The number of carbonyl (C=O) groups is 1. The van der Waals surface area contributed by atoms with Gasteiger partial charge in [-0.25, -0.2) is 4.72 Å². The van der Waals surface area contributed by atoms with Crippen LogP contribution in [0.5, 0.6) is 0 Å². The summed E-state index contributed by atoms with van der Waals surface area (Å²) >= 11 is 0. The number of halogens is 6. The number of rotatable bonds is 6. The van der Waals surface area contributed by atoms with Gasteiger partial charge in [0, 0.05) is 18.7 Å². The van der Waals surface area contributed by atoms with E-state index in [1.54, 1.807) is 4.72 Å². The van der Waals surface area contributed by atoms with Crippen LogP contribution in [0, 0.1) is 11.8 Å². The predicted molar refractivity (Wildman–Crippen MR) is 101 cm³/mol. The molecule has 0 aliphatic heterocycles. The van der Waals surface area contributed by atoms with Gasteiger partial charge >= 0.3 is 22.6 Å². The van der Waals surface area contributed by atoms with Crippen molar-refractivity contribution in [3.63, 3.8) is 0 Å². The topological polar surface area (TPSA) is 66.5 Å². The van der Waals surface area contributed by atoms with Crippen LogP contribution in [0.15, 0.2) is 18.2 Å². The summed E-state index contributed by atoms with van der Waals surface area (Å²) in [4.78, 5) is 12.3. The van der Waals surface area contributed by atoms with Gasteiger partial charge in [0.15, 0.2) is 0 Å². The summed E-state index contributed by atoms with van der Waals surface area (Å²) in [6.07, 6.45) is -6.85. The number of alkyl halides is 6. The maximum Gasteiger partial charge on any atom is 0.416 e. The molecule has 2 rings (SSSR count). The van der Waals surface area contributed by atoms with E-state index >= 15 is 0 Å². The molecule has 0 heterocycles. The Morgan fingerprint density at radius 3 is 1.90 bits per heavy atom. The smallest absolute Gasteiger partial charge is 0.268 e. The number of amides is 1. The maximum absolute atomic E-state index is 13.0. The first-order chi connectivity index (χ1) is 14.1. The summed E-state index contributed by atoms with van der Waals surface area (Å²) < 4.78 is 106. The van der Waals surface area contributed by atoms with Gasteiger partial charge in [-0.05, 0) is 42.9 Å². The molecule has 1 amide bonds. The average molecular weight is 474 g/mol. The SMILES string of the molecule is CCN(CC1CCC(C)CC1)S(=O)(=O)NC(=O)c1cc(C(F)(F)F)cc(C(F)(F)F)c1. The maximum atomic E-state index is 13.0. The number of benzene rings is 1. The van der Waals surface area contributed by atoms with Gasteiger partial charge in [-0.1, -0.05) is 26.7 Å². The van der Waals surface area contributed by atoms with Gasteiger partial charge in [0.25, 0.3) is 5.91 Å². The van der Waals surface area contributed by atoms with E-state index in [-0.39, 0.29) is 37.2 Å². The summed E-state index contributed by atoms with van der Waals surface area (Å²) in [7, 11) is -4.46. The molecule has 5 nitrogen and oxygen atoms in total. The molecule has 0 unspecified atom stereocenters. The fourth-order valence-corrected chi connectivity index (χ4v) is 4.75. The fraction of sp³-hybridized carbons (Fsp3) is 0.632. The zero-order valence-electron chi connectivity index (χ0n) is 17.0. The Kier molecular flexibility index (Phi) is 7.68. The third-order valence-electron chi connectivity index (χ3n) is 5.36. The van der Waals surface area contributed by atoms with Gasteiger partial charge in [-0.3, -0.25) is 4.79 Å². The Morgan fingerprint density at radius 1 is 1.00 bits per heavy atom. The lowest BCUT2D eigenvalue weighted by Gasteiger charge is -2.30. The van der Waals surface area contributed by atoms with Crippen molar-refractivity contribution in [3.05, 3.63) is 34.9 Å². The highest BCUT2D eigenvalue weighted by molar-refractivity contribution is 7.87. The van der Waals surface area contributed by atoms with Crippen molar-refractivity contribution >= 4 is 16.1 Å². The first-order valence-corrected chi connectivity index (χ1v) is 11.2. The molecule has 0 saturated heterocycles. The van der Waals surface area contributed by atoms with Crippen LogP contribution in [0.3, 0.4) is 0 Å². The molecular formula is C19H24F6N2O3S. The molecule has 0 atom stereocenters. The molecule has 31 heavy (non-hydrogen) atoms. The zero-order valence-corrected chi connectivity index (χ0v) is 17.8. The lowest BCUT2D eigenvalue weighted by atomic mass is 9.83. The van der Waals surface area contributed by atoms with Crippen molar-refractivity contribution in [3.8, 4) is 0 Å². The highest BCUT2D eigenvalue weighted by atomic mass is 32.2. The van der Waals surface area contributed by atoms with Crippen LogP contribution in [0.2, 0.25) is 0 Å². The van der Waals surface area contributed by atoms with E-state index < -0.39 is 45.2 Å². The molecule has 0 bridgehead atoms. The quantitative estimate of drug-likeness (QED) is 0.600. The van der Waals surface area contributed by atoms with Crippen LogP contribution in [-0.4, -0.2) is 31.7 Å². The van der Waals surface area contributed by atoms with Crippen molar-refractivity contribution in [1.82, 2.24) is 9.03 Å². The summed E-state index contributed by atoms with van der Waals surface area (Å²) in [5.41, 5.74) is -4.45. The molecule has 12 heteroatoms. The molecule has 0 radical (unpaired) electrons. The Bertz CT molecular complexity index is 859. The standard InChI is InChI=1S/C19H24F6N2O3S/c1-3-27(11-13-6-4-12(2)5-7-13)31(29,30)26-17(28)14-8-15(18(20,21)22)10-16(9-14)19(23,24)25/h8-10,12-13H,3-7,11H2,1-2H3,(H,26,28). The molecule has 1 aromatic carbocycles. The van der Waals surface area contributed by atoms with Crippen molar-refractivity contribution in [2.75, 3.05) is 13.1 Å². The minimum absolute atomic E-state index is 0.00887. The molecule has 1 aliphatic rings. The van der Waals surface area contributed by atoms with Crippen molar-refractivity contribution < 1.29 is 39.6 Å². The number of hydrogen-bond donors (Lipinski definition) is 1. The van der Waals surface area contributed by atoms with Gasteiger partial charge in [-0.15, -0.1) is 0 Å². The highest BCUT2D eigenvalue weighted by Gasteiger charge is 2.38. The van der Waals surface area contributed by atoms with E-state index in [4.69, 9.17) is 0 Å². The number of carbonyl (C=O) groups excluding carboxylic acids is 1. The van der Waals surface area contributed by atoms with Crippen LogP contribution in [0.1, 0.15) is 61.0 Å². The third-order valence-corrected chi connectivity index (χ3v) is 6.89. The molecule has 176 valence electrons. The van der Waals surface area contributed by atoms with Gasteiger partial charge < -0.3 is 0 Å². The van der Waals surface area contributed by atoms with E-state index in [0.717, 1.165) is 30.0 Å². The van der Waals surface area contributed by atoms with Gasteiger partial charge in [-0.2, -0.15) is 39.1 Å². The summed E-state index contributed by atoms with van der Waals surface area (Å²) in [6, 6.07) is 0.255. The zero-order chi connectivity index (χ0) is 23.6. The van der Waals surface area contributed by atoms with Crippen LogP contribution in [-0.2, 0) is 22.6 Å². The van der Waals surface area contributed by atoms with Gasteiger partial charge in [0.05, 0.1) is 11.1 Å². The van der Waals surface area contributed by atoms with Crippen molar-refractivity contribution in [2.45, 2.75) is 51.9 Å². The first-order valence-electron chi connectivity index (χ1n) is 9.75. The molecule has 1 fully saturated rings. The van der Waals surface area contributed by atoms with Crippen molar-refractivity contribution in [2.24, 2.45) is 11.8 Å². The highest BCUT2D eigenvalue weighted by Crippen LogP contribution is 2.36. The second-order valence-corrected chi connectivity index (χ2v) is 9.48. The molecule has 0 aromatic heterocycles. The second-order valence-electron chi connectivity index (χ2n) is 7.81. The van der Waals surface area contributed by atoms with E-state index in [2.05, 4.69) is 6.92 Å². The average Bonchev–Trinajstić information content (AvgIpc) is 2.65. The first kappa shape index (κ1) is 25.4. The molecule has 0 spiro atoms. The lowest BCUT2D eigenvalue weighted by molar-refractivity contribution is -0.143. The van der Waals surface area contributed by atoms with E-state index in [9.17, 15) is 39.6 Å². The molecule has 1 N–H and O–H groups in total. The number of nitrogens with zero attached hydrogens (tertiary/aromatic N) is 1. The van der Waals surface area contributed by atoms with E-state index in [1.165, 1.54) is 6.92 Å². The molecule has 1 saturated carbocycles. The van der Waals surface area contributed by atoms with E-state index in [1.807, 2.05) is 0 Å². The monoisotopic (exact) mass is 474 g/mol. The summed E-state index contributed by atoms with van der Waals surface area (Å²) in [6.45, 7) is 3.73. The van der Waals surface area contributed by atoms with Gasteiger partial charge in [0.2, 0.25) is 0 Å². The number of nitrogens with one attached hydrogen (secondary N) is 1.